The summed E-state index contributed by atoms with van der Waals surface area (Å²) in [6, 6.07) is 29.4. The predicted molar refractivity (Wildman–Crippen MR) is 143 cm³/mol. The van der Waals surface area contributed by atoms with Crippen LogP contribution in [0.1, 0.15) is 30.4 Å². The van der Waals surface area contributed by atoms with Crippen molar-refractivity contribution in [3.05, 3.63) is 102 Å². The Kier molecular flexibility index (Phi) is 7.33. The fraction of sp³-hybridized carbons (Fsp3) is 0.333. The summed E-state index contributed by atoms with van der Waals surface area (Å²) in [5.74, 6) is -0.193. The van der Waals surface area contributed by atoms with Gasteiger partial charge in [0.05, 0.1) is 0 Å². The Morgan fingerprint density at radius 1 is 0.639 bits per heavy atom. The molecule has 0 unspecified atom stereocenters. The van der Waals surface area contributed by atoms with Crippen LogP contribution in [0.3, 0.4) is 0 Å². The third kappa shape index (κ3) is 4.86. The lowest BCUT2D eigenvalue weighted by atomic mass is 9.82. The average Bonchev–Trinajstić information content (AvgIpc) is 3.20. The fourth-order valence-corrected chi connectivity index (χ4v) is 5.36. The van der Waals surface area contributed by atoms with Crippen molar-refractivity contribution in [3.8, 4) is 0 Å². The summed E-state index contributed by atoms with van der Waals surface area (Å²) < 4.78 is 0. The van der Waals surface area contributed by atoms with Gasteiger partial charge in [0.2, 0.25) is 0 Å². The second-order valence-electron chi connectivity index (χ2n) is 9.59. The van der Waals surface area contributed by atoms with Crippen molar-refractivity contribution in [1.29, 1.82) is 0 Å². The number of carbonyl (C=O) groups excluding carboxylic acids is 2. The van der Waals surface area contributed by atoms with Gasteiger partial charge >= 0.3 is 6.03 Å². The van der Waals surface area contributed by atoms with Crippen molar-refractivity contribution in [2.75, 3.05) is 44.2 Å². The van der Waals surface area contributed by atoms with Crippen LogP contribution in [0.15, 0.2) is 91.0 Å². The molecule has 2 saturated heterocycles. The lowest BCUT2D eigenvalue weighted by Gasteiger charge is -2.36. The summed E-state index contributed by atoms with van der Waals surface area (Å²) in [5, 5.41) is 3.03. The molecule has 0 aliphatic carbocycles. The minimum absolute atomic E-state index is 0.193. The van der Waals surface area contributed by atoms with Gasteiger partial charge in [-0.15, -0.1) is 0 Å². The zero-order chi connectivity index (χ0) is 24.8. The first-order valence-electron chi connectivity index (χ1n) is 13.0. The number of para-hydroxylation sites is 1. The number of urea groups is 1. The van der Waals surface area contributed by atoms with Crippen molar-refractivity contribution in [3.63, 3.8) is 0 Å². The number of amides is 3. The molecule has 2 fully saturated rings. The summed E-state index contributed by atoms with van der Waals surface area (Å²) in [6.07, 6.45) is 2.86. The number of benzene rings is 3. The van der Waals surface area contributed by atoms with E-state index in [1.54, 1.807) is 0 Å². The highest BCUT2D eigenvalue weighted by atomic mass is 16.2. The number of rotatable bonds is 9. The molecule has 36 heavy (non-hydrogen) atoms. The number of unbranched alkanes of at least 4 members (excludes halogenated alkanes) is 2. The van der Waals surface area contributed by atoms with E-state index in [-0.39, 0.29) is 11.9 Å². The van der Waals surface area contributed by atoms with Crippen LogP contribution in [0.5, 0.6) is 0 Å². The van der Waals surface area contributed by atoms with Crippen molar-refractivity contribution in [2.45, 2.75) is 24.8 Å². The van der Waals surface area contributed by atoms with Gasteiger partial charge < -0.3 is 10.2 Å². The van der Waals surface area contributed by atoms with Crippen LogP contribution in [-0.2, 0) is 10.3 Å². The maximum Gasteiger partial charge on any atom is 0.325 e. The Morgan fingerprint density at radius 2 is 1.17 bits per heavy atom. The van der Waals surface area contributed by atoms with Gasteiger partial charge in [-0.1, -0.05) is 85.3 Å². The molecule has 0 radical (unpaired) electrons. The summed E-state index contributed by atoms with van der Waals surface area (Å²) in [5.41, 5.74) is 1.70. The highest BCUT2D eigenvalue weighted by molar-refractivity contribution is 6.09. The second-order valence-corrected chi connectivity index (χ2v) is 9.59. The molecule has 6 heteroatoms. The van der Waals surface area contributed by atoms with Crippen LogP contribution in [-0.4, -0.2) is 61.0 Å². The topological polar surface area (TPSA) is 55.9 Å². The number of hydrogen-bond donors (Lipinski definition) is 1. The Hall–Kier alpha value is -3.64. The van der Waals surface area contributed by atoms with Gasteiger partial charge in [0.25, 0.3) is 5.91 Å². The van der Waals surface area contributed by atoms with Gasteiger partial charge in [0.15, 0.2) is 5.54 Å². The Labute approximate surface area is 213 Å². The molecular weight excluding hydrogens is 448 g/mol. The molecule has 3 aromatic rings. The Morgan fingerprint density at radius 3 is 1.75 bits per heavy atom. The second kappa shape index (κ2) is 11.0. The zero-order valence-corrected chi connectivity index (χ0v) is 20.7. The van der Waals surface area contributed by atoms with Crippen LogP contribution in [0.25, 0.3) is 0 Å². The van der Waals surface area contributed by atoms with Gasteiger partial charge in [-0.05, 0) is 42.6 Å². The van der Waals surface area contributed by atoms with Gasteiger partial charge in [-0.2, -0.15) is 0 Å². The van der Waals surface area contributed by atoms with Gasteiger partial charge in [0, 0.05) is 38.4 Å². The van der Waals surface area contributed by atoms with E-state index in [2.05, 4.69) is 45.4 Å². The molecule has 0 atom stereocenters. The Balaban J connectivity index is 1.13. The molecule has 2 heterocycles. The lowest BCUT2D eigenvalue weighted by molar-refractivity contribution is -0.130. The first-order chi connectivity index (χ1) is 17.7. The number of nitrogens with zero attached hydrogens (tertiary/aromatic N) is 3. The molecular formula is C30H34N4O2. The van der Waals surface area contributed by atoms with E-state index in [0.717, 1.165) is 63.1 Å². The molecule has 0 aromatic heterocycles. The smallest absolute Gasteiger partial charge is 0.325 e. The zero-order valence-electron chi connectivity index (χ0n) is 20.7. The highest BCUT2D eigenvalue weighted by Crippen LogP contribution is 2.36. The summed E-state index contributed by atoms with van der Waals surface area (Å²) >= 11 is 0. The summed E-state index contributed by atoms with van der Waals surface area (Å²) in [4.78, 5) is 33.1. The third-order valence-corrected chi connectivity index (χ3v) is 7.37. The molecule has 0 saturated carbocycles. The minimum atomic E-state index is -1.17. The molecule has 1 N–H and O–H groups in total. The van der Waals surface area contributed by atoms with E-state index >= 15 is 0 Å². The fourth-order valence-electron chi connectivity index (χ4n) is 5.36. The number of imide groups is 1. The van der Waals surface area contributed by atoms with Crippen LogP contribution in [0, 0.1) is 0 Å². The van der Waals surface area contributed by atoms with Crippen molar-refractivity contribution < 1.29 is 9.59 Å². The number of piperazine rings is 1. The molecule has 0 spiro atoms. The Bertz CT molecular complexity index is 1110. The van der Waals surface area contributed by atoms with Crippen molar-refractivity contribution in [2.24, 2.45) is 0 Å². The van der Waals surface area contributed by atoms with Crippen LogP contribution in [0.4, 0.5) is 10.5 Å². The molecule has 6 nitrogen and oxygen atoms in total. The molecule has 5 rings (SSSR count). The first kappa shape index (κ1) is 24.1. The van der Waals surface area contributed by atoms with E-state index in [4.69, 9.17) is 0 Å². The third-order valence-electron chi connectivity index (χ3n) is 7.37. The normalized spacial score (nSPS) is 17.9. The monoisotopic (exact) mass is 482 g/mol. The summed E-state index contributed by atoms with van der Waals surface area (Å²) in [6.45, 7) is 5.73. The van der Waals surface area contributed by atoms with Gasteiger partial charge in [-0.3, -0.25) is 14.6 Å². The van der Waals surface area contributed by atoms with Crippen LogP contribution >= 0.6 is 0 Å². The number of hydrogen-bond acceptors (Lipinski definition) is 4. The van der Waals surface area contributed by atoms with E-state index in [1.807, 2.05) is 60.7 Å². The van der Waals surface area contributed by atoms with E-state index in [9.17, 15) is 9.59 Å². The lowest BCUT2D eigenvalue weighted by Crippen LogP contribution is -2.46. The van der Waals surface area contributed by atoms with Gasteiger partial charge in [0.1, 0.15) is 0 Å². The SMILES string of the molecule is O=C1NC(c2ccccc2)(c2ccccc2)C(=O)N1CCCCCN1CCN(c2ccccc2)CC1. The molecule has 3 amide bonds. The van der Waals surface area contributed by atoms with E-state index in [0.29, 0.717) is 6.54 Å². The maximum atomic E-state index is 13.7. The van der Waals surface area contributed by atoms with Crippen LogP contribution in [0.2, 0.25) is 0 Å². The average molecular weight is 483 g/mol. The standard InChI is InChI=1S/C30H34N4O2/c35-28-30(25-13-5-1-6-14-25,26-15-7-2-8-16-26)31-29(36)34(28)20-12-4-11-19-32-21-23-33(24-22-32)27-17-9-3-10-18-27/h1-3,5-10,13-18H,4,11-12,19-24H2,(H,31,36). The number of carbonyl (C=O) groups is 2. The number of anilines is 1. The largest absolute Gasteiger partial charge is 0.369 e. The molecule has 3 aromatic carbocycles. The van der Waals surface area contributed by atoms with Gasteiger partial charge in [-0.25, -0.2) is 4.79 Å². The van der Waals surface area contributed by atoms with E-state index in [1.165, 1.54) is 10.6 Å². The van der Waals surface area contributed by atoms with E-state index < -0.39 is 5.54 Å². The maximum absolute atomic E-state index is 13.7. The highest BCUT2D eigenvalue weighted by Gasteiger charge is 2.53. The molecule has 0 bridgehead atoms. The minimum Gasteiger partial charge on any atom is -0.369 e. The summed E-state index contributed by atoms with van der Waals surface area (Å²) in [7, 11) is 0. The predicted octanol–water partition coefficient (Wildman–Crippen LogP) is 4.47. The molecule has 2 aliphatic heterocycles. The van der Waals surface area contributed by atoms with Crippen LogP contribution < -0.4 is 10.2 Å². The first-order valence-corrected chi connectivity index (χ1v) is 13.0. The molecule has 2 aliphatic rings. The van der Waals surface area contributed by atoms with Crippen molar-refractivity contribution in [1.82, 2.24) is 15.1 Å². The number of nitrogens with one attached hydrogen (secondary N) is 1. The quantitative estimate of drug-likeness (QED) is 0.361. The van der Waals surface area contributed by atoms with Crippen molar-refractivity contribution >= 4 is 17.6 Å². The molecule has 186 valence electrons.